The number of hydrogen-bond acceptors (Lipinski definition) is 0. The van der Waals surface area contributed by atoms with E-state index in [4.69, 9.17) is 0 Å². The van der Waals surface area contributed by atoms with Gasteiger partial charge in [0.1, 0.15) is 0 Å². The van der Waals surface area contributed by atoms with Crippen LogP contribution in [0.1, 0.15) is 90.4 Å². The average Bonchev–Trinajstić information content (AvgIpc) is 2.56. The fourth-order valence-corrected chi connectivity index (χ4v) is 5.82. The molecule has 0 atom stereocenters. The molecule has 0 aromatic carbocycles. The predicted molar refractivity (Wildman–Crippen MR) is 92.0 cm³/mol. The molecular weight excluding hydrogens is 341 g/mol. The molecule has 22 heavy (non-hydrogen) atoms. The van der Waals surface area contributed by atoms with E-state index in [1.54, 1.807) is 38.5 Å². The Hall–Kier alpha value is 1.10. The summed E-state index contributed by atoms with van der Waals surface area (Å²) in [6.07, 6.45) is 19.7. The van der Waals surface area contributed by atoms with E-state index in [1.807, 2.05) is 0 Å². The van der Waals surface area contributed by atoms with Crippen LogP contribution in [0.2, 0.25) is 0 Å². The topological polar surface area (TPSA) is 0 Å². The van der Waals surface area contributed by atoms with Crippen LogP contribution in [0.5, 0.6) is 0 Å². The molecule has 0 spiro atoms. The summed E-state index contributed by atoms with van der Waals surface area (Å²) in [4.78, 5) is 0. The van der Waals surface area contributed by atoms with Crippen molar-refractivity contribution in [2.75, 3.05) is 0 Å². The normalized spacial score (nSPS) is 43.4. The zero-order chi connectivity index (χ0) is 14.7. The van der Waals surface area contributed by atoms with Crippen molar-refractivity contribution >= 4 is 0 Å². The minimum absolute atomic E-state index is 0. The van der Waals surface area contributed by atoms with E-state index in [2.05, 4.69) is 13.8 Å². The van der Waals surface area contributed by atoms with Gasteiger partial charge in [-0.05, 0) is 68.1 Å². The summed E-state index contributed by atoms with van der Waals surface area (Å²) in [5.74, 6) is 6.19. The van der Waals surface area contributed by atoms with Crippen LogP contribution >= 0.6 is 0 Å². The van der Waals surface area contributed by atoms with Crippen molar-refractivity contribution in [3.8, 4) is 0 Å². The fraction of sp³-hybridized carbons (Fsp3) is 0.952. The standard InChI is InChI=1S/C21H37.Y/c1-3-17-6-10-19(11-7-17)21-14-12-20(13-15-21)18-8-4-16(2)5-9-18;/h16-21H,2-15H2,1H3;/q-1;. The van der Waals surface area contributed by atoms with Gasteiger partial charge in [0, 0.05) is 32.7 Å². The second-order valence-corrected chi connectivity index (χ2v) is 8.64. The molecule has 3 fully saturated rings. The van der Waals surface area contributed by atoms with Crippen LogP contribution in [-0.2, 0) is 32.7 Å². The third kappa shape index (κ3) is 5.05. The first-order valence-corrected chi connectivity index (χ1v) is 10.1. The zero-order valence-electron chi connectivity index (χ0n) is 14.9. The van der Waals surface area contributed by atoms with Gasteiger partial charge >= 0.3 is 0 Å². The van der Waals surface area contributed by atoms with Gasteiger partial charge in [-0.15, -0.1) is 0 Å². The van der Waals surface area contributed by atoms with E-state index < -0.39 is 0 Å². The van der Waals surface area contributed by atoms with Crippen LogP contribution < -0.4 is 0 Å². The molecule has 3 aliphatic carbocycles. The molecule has 1 heteroatoms. The summed E-state index contributed by atoms with van der Waals surface area (Å²) in [5.41, 5.74) is 0. The van der Waals surface area contributed by atoms with Gasteiger partial charge in [0.15, 0.2) is 0 Å². The van der Waals surface area contributed by atoms with Crippen LogP contribution in [0.15, 0.2) is 0 Å². The maximum atomic E-state index is 4.26. The Labute approximate surface area is 164 Å². The second-order valence-electron chi connectivity index (χ2n) is 8.64. The smallest absolute Gasteiger partial charge is 0 e. The molecule has 1 radical (unpaired) electrons. The van der Waals surface area contributed by atoms with Crippen molar-refractivity contribution in [1.82, 2.24) is 0 Å². The molecule has 3 saturated carbocycles. The van der Waals surface area contributed by atoms with Gasteiger partial charge in [-0.1, -0.05) is 51.9 Å². The van der Waals surface area contributed by atoms with Gasteiger partial charge in [-0.3, -0.25) is 0 Å². The van der Waals surface area contributed by atoms with Crippen molar-refractivity contribution < 1.29 is 32.7 Å². The van der Waals surface area contributed by atoms with Gasteiger partial charge in [0.2, 0.25) is 0 Å². The van der Waals surface area contributed by atoms with Crippen LogP contribution in [-0.4, -0.2) is 0 Å². The second kappa shape index (κ2) is 9.55. The quantitative estimate of drug-likeness (QED) is 0.483. The average molecular weight is 378 g/mol. The molecule has 0 aromatic rings. The molecule has 0 amide bonds. The van der Waals surface area contributed by atoms with E-state index in [-0.39, 0.29) is 32.7 Å². The molecule has 0 aliphatic heterocycles. The maximum absolute atomic E-state index is 4.26. The Morgan fingerprint density at radius 1 is 0.591 bits per heavy atom. The third-order valence-corrected chi connectivity index (χ3v) is 7.51. The maximum Gasteiger partial charge on any atom is 0 e. The molecule has 0 unspecified atom stereocenters. The Kier molecular flexibility index (Phi) is 8.44. The van der Waals surface area contributed by atoms with Gasteiger partial charge in [-0.25, -0.2) is 0 Å². The number of rotatable bonds is 3. The van der Waals surface area contributed by atoms with E-state index in [1.165, 1.54) is 44.9 Å². The zero-order valence-corrected chi connectivity index (χ0v) is 17.8. The molecule has 0 nitrogen and oxygen atoms in total. The Balaban J connectivity index is 0.00000176. The van der Waals surface area contributed by atoms with E-state index in [9.17, 15) is 0 Å². The Morgan fingerprint density at radius 3 is 1.27 bits per heavy atom. The Bertz CT molecular complexity index is 289. The van der Waals surface area contributed by atoms with Gasteiger partial charge in [0.25, 0.3) is 0 Å². The predicted octanol–water partition coefficient (Wildman–Crippen LogP) is 6.65. The van der Waals surface area contributed by atoms with Crippen molar-refractivity contribution in [3.63, 3.8) is 0 Å². The van der Waals surface area contributed by atoms with E-state index >= 15 is 0 Å². The van der Waals surface area contributed by atoms with Crippen molar-refractivity contribution in [1.29, 1.82) is 0 Å². The third-order valence-electron chi connectivity index (χ3n) is 7.51. The van der Waals surface area contributed by atoms with Crippen molar-refractivity contribution in [2.45, 2.75) is 90.4 Å². The van der Waals surface area contributed by atoms with Gasteiger partial charge in [-0.2, -0.15) is 5.92 Å². The Morgan fingerprint density at radius 2 is 0.909 bits per heavy atom. The van der Waals surface area contributed by atoms with E-state index in [0.717, 1.165) is 35.5 Å². The van der Waals surface area contributed by atoms with Crippen molar-refractivity contribution in [2.24, 2.45) is 35.5 Å². The molecule has 0 bridgehead atoms. The molecule has 3 aliphatic rings. The first-order valence-electron chi connectivity index (χ1n) is 10.1. The monoisotopic (exact) mass is 378 g/mol. The summed E-state index contributed by atoms with van der Waals surface area (Å²) >= 11 is 0. The van der Waals surface area contributed by atoms with Crippen LogP contribution in [0.25, 0.3) is 0 Å². The molecule has 125 valence electrons. The van der Waals surface area contributed by atoms with Crippen LogP contribution in [0.4, 0.5) is 0 Å². The SMILES string of the molecule is [CH2-]C1CCC(C2CCC(C3CCC(CC)CC3)CC2)CC1.[Y]. The summed E-state index contributed by atoms with van der Waals surface area (Å²) in [6.45, 7) is 6.65. The van der Waals surface area contributed by atoms with E-state index in [0.29, 0.717) is 0 Å². The first kappa shape index (κ1) is 19.4. The molecule has 0 aromatic heterocycles. The van der Waals surface area contributed by atoms with Crippen molar-refractivity contribution in [3.05, 3.63) is 6.92 Å². The first-order chi connectivity index (χ1) is 10.3. The summed E-state index contributed by atoms with van der Waals surface area (Å²) in [7, 11) is 0. The summed E-state index contributed by atoms with van der Waals surface area (Å²) in [6, 6.07) is 0. The largest absolute Gasteiger partial charge is 0.340 e. The minimum Gasteiger partial charge on any atom is -0.340 e. The summed E-state index contributed by atoms with van der Waals surface area (Å²) in [5, 5.41) is 0. The van der Waals surface area contributed by atoms with Crippen LogP contribution in [0.3, 0.4) is 0 Å². The molecule has 0 heterocycles. The fourth-order valence-electron chi connectivity index (χ4n) is 5.82. The molecular formula is C21H37Y-. The van der Waals surface area contributed by atoms with Gasteiger partial charge in [0.05, 0.1) is 0 Å². The summed E-state index contributed by atoms with van der Waals surface area (Å²) < 4.78 is 0. The molecule has 0 N–H and O–H groups in total. The molecule has 3 rings (SSSR count). The number of hydrogen-bond donors (Lipinski definition) is 0. The minimum atomic E-state index is 0. The van der Waals surface area contributed by atoms with Gasteiger partial charge < -0.3 is 6.92 Å². The van der Waals surface area contributed by atoms with Crippen LogP contribution in [0, 0.1) is 42.4 Å². The molecule has 0 saturated heterocycles.